The van der Waals surface area contributed by atoms with Crippen molar-refractivity contribution >= 4 is 21.8 Å². The quantitative estimate of drug-likeness (QED) is 0.780. The van der Waals surface area contributed by atoms with Crippen molar-refractivity contribution in [3.63, 3.8) is 0 Å². The topological polar surface area (TPSA) is 102 Å². The molecule has 1 amide bonds. The van der Waals surface area contributed by atoms with E-state index in [1.807, 2.05) is 0 Å². The van der Waals surface area contributed by atoms with Crippen molar-refractivity contribution in [1.29, 1.82) is 0 Å². The van der Waals surface area contributed by atoms with Gasteiger partial charge in [0.05, 0.1) is 4.90 Å². The monoisotopic (exact) mass is 343 g/mol. The highest BCUT2D eigenvalue weighted by atomic mass is 32.2. The minimum absolute atomic E-state index is 0.0661. The van der Waals surface area contributed by atoms with E-state index < -0.39 is 9.84 Å². The number of rotatable bonds is 4. The number of carbonyl (C=O) groups is 1. The standard InChI is InChI=1S/C16H13N3O4S/c1-24(21,22)13-9-5-8-12(10-13)15-18-19-16(23-15)17-14(20)11-6-3-2-4-7-11/h2-10H,1H3,(H,17,19,20). The second-order valence-electron chi connectivity index (χ2n) is 5.03. The molecule has 0 atom stereocenters. The van der Waals surface area contributed by atoms with Crippen molar-refractivity contribution in [2.24, 2.45) is 0 Å². The molecule has 7 nitrogen and oxygen atoms in total. The molecule has 0 saturated heterocycles. The van der Waals surface area contributed by atoms with Crippen LogP contribution in [0.5, 0.6) is 0 Å². The summed E-state index contributed by atoms with van der Waals surface area (Å²) in [6.07, 6.45) is 1.12. The Balaban J connectivity index is 1.83. The number of amides is 1. The van der Waals surface area contributed by atoms with E-state index in [2.05, 4.69) is 15.5 Å². The van der Waals surface area contributed by atoms with Gasteiger partial charge in [-0.1, -0.05) is 29.4 Å². The zero-order chi connectivity index (χ0) is 17.2. The molecule has 1 N–H and O–H groups in total. The first kappa shape index (κ1) is 15.9. The molecule has 0 aliphatic rings. The molecule has 0 radical (unpaired) electrons. The van der Waals surface area contributed by atoms with Crippen LogP contribution in [0.25, 0.3) is 11.5 Å². The van der Waals surface area contributed by atoms with Gasteiger partial charge in [0, 0.05) is 17.4 Å². The first-order valence-corrected chi connectivity index (χ1v) is 8.83. The van der Waals surface area contributed by atoms with E-state index in [9.17, 15) is 13.2 Å². The van der Waals surface area contributed by atoms with Gasteiger partial charge in [-0.3, -0.25) is 10.1 Å². The van der Waals surface area contributed by atoms with Crippen LogP contribution in [-0.4, -0.2) is 30.8 Å². The molecule has 0 saturated carbocycles. The molecule has 24 heavy (non-hydrogen) atoms. The summed E-state index contributed by atoms with van der Waals surface area (Å²) >= 11 is 0. The lowest BCUT2D eigenvalue weighted by molar-refractivity contribution is 0.102. The van der Waals surface area contributed by atoms with Gasteiger partial charge in [0.25, 0.3) is 5.91 Å². The fourth-order valence-corrected chi connectivity index (χ4v) is 2.68. The van der Waals surface area contributed by atoms with Crippen LogP contribution < -0.4 is 5.32 Å². The number of benzene rings is 2. The second kappa shape index (κ2) is 6.25. The fraction of sp³-hybridized carbons (Fsp3) is 0.0625. The van der Waals surface area contributed by atoms with Gasteiger partial charge in [-0.25, -0.2) is 8.42 Å². The Hall–Kier alpha value is -3.00. The Morgan fingerprint density at radius 3 is 2.50 bits per heavy atom. The summed E-state index contributed by atoms with van der Waals surface area (Å²) in [4.78, 5) is 12.2. The van der Waals surface area contributed by atoms with Crippen LogP contribution in [0.4, 0.5) is 6.01 Å². The average Bonchev–Trinajstić information content (AvgIpc) is 3.03. The molecule has 2 aromatic carbocycles. The van der Waals surface area contributed by atoms with Crippen LogP contribution in [0, 0.1) is 0 Å². The predicted octanol–water partition coefficient (Wildman–Crippen LogP) is 2.39. The van der Waals surface area contributed by atoms with Crippen molar-refractivity contribution in [1.82, 2.24) is 10.2 Å². The number of carbonyl (C=O) groups excluding carboxylic acids is 1. The smallest absolute Gasteiger partial charge is 0.322 e. The Morgan fingerprint density at radius 2 is 1.79 bits per heavy atom. The van der Waals surface area contributed by atoms with E-state index in [-0.39, 0.29) is 22.7 Å². The van der Waals surface area contributed by atoms with Crippen molar-refractivity contribution in [2.45, 2.75) is 4.90 Å². The first-order valence-electron chi connectivity index (χ1n) is 6.94. The van der Waals surface area contributed by atoms with Crippen molar-refractivity contribution in [3.05, 3.63) is 60.2 Å². The van der Waals surface area contributed by atoms with E-state index in [0.29, 0.717) is 11.1 Å². The molecule has 0 spiro atoms. The van der Waals surface area contributed by atoms with E-state index in [0.717, 1.165) is 6.26 Å². The molecule has 0 unspecified atom stereocenters. The van der Waals surface area contributed by atoms with E-state index in [1.54, 1.807) is 42.5 Å². The minimum Gasteiger partial charge on any atom is -0.403 e. The number of nitrogens with zero attached hydrogens (tertiary/aromatic N) is 2. The highest BCUT2D eigenvalue weighted by molar-refractivity contribution is 7.90. The Kier molecular flexibility index (Phi) is 4.13. The Bertz CT molecular complexity index is 981. The van der Waals surface area contributed by atoms with E-state index >= 15 is 0 Å². The minimum atomic E-state index is -3.34. The summed E-state index contributed by atoms with van der Waals surface area (Å²) in [7, 11) is -3.34. The zero-order valence-electron chi connectivity index (χ0n) is 12.6. The molecular weight excluding hydrogens is 330 g/mol. The van der Waals surface area contributed by atoms with Gasteiger partial charge < -0.3 is 4.42 Å². The molecule has 0 fully saturated rings. The first-order chi connectivity index (χ1) is 11.4. The lowest BCUT2D eigenvalue weighted by Crippen LogP contribution is -2.11. The van der Waals surface area contributed by atoms with Gasteiger partial charge in [0.2, 0.25) is 5.89 Å². The van der Waals surface area contributed by atoms with Crippen molar-refractivity contribution in [3.8, 4) is 11.5 Å². The third-order valence-corrected chi connectivity index (χ3v) is 4.30. The van der Waals surface area contributed by atoms with Gasteiger partial charge in [-0.05, 0) is 30.3 Å². The van der Waals surface area contributed by atoms with Gasteiger partial charge in [0.1, 0.15) is 0 Å². The van der Waals surface area contributed by atoms with E-state index in [4.69, 9.17) is 4.42 Å². The number of anilines is 1. The van der Waals surface area contributed by atoms with Crippen LogP contribution in [0.1, 0.15) is 10.4 Å². The summed E-state index contributed by atoms with van der Waals surface area (Å²) in [6, 6.07) is 14.7. The number of aromatic nitrogens is 2. The number of sulfone groups is 1. The molecule has 1 aromatic heterocycles. The maximum absolute atomic E-state index is 12.0. The van der Waals surface area contributed by atoms with Crippen LogP contribution >= 0.6 is 0 Å². The van der Waals surface area contributed by atoms with Crippen LogP contribution in [0.15, 0.2) is 63.9 Å². The Labute approximate surface area is 138 Å². The molecule has 3 rings (SSSR count). The van der Waals surface area contributed by atoms with Crippen LogP contribution in [0.3, 0.4) is 0 Å². The third kappa shape index (κ3) is 3.49. The van der Waals surface area contributed by atoms with Gasteiger partial charge in [0.15, 0.2) is 9.84 Å². The second-order valence-corrected chi connectivity index (χ2v) is 7.05. The highest BCUT2D eigenvalue weighted by Gasteiger charge is 2.14. The average molecular weight is 343 g/mol. The van der Waals surface area contributed by atoms with E-state index in [1.165, 1.54) is 12.1 Å². The zero-order valence-corrected chi connectivity index (χ0v) is 13.4. The number of hydrogen-bond acceptors (Lipinski definition) is 6. The van der Waals surface area contributed by atoms with Crippen molar-refractivity contribution in [2.75, 3.05) is 11.6 Å². The lowest BCUT2D eigenvalue weighted by Gasteiger charge is -2.00. The summed E-state index contributed by atoms with van der Waals surface area (Å²) < 4.78 is 28.6. The molecular formula is C16H13N3O4S. The largest absolute Gasteiger partial charge is 0.403 e. The maximum Gasteiger partial charge on any atom is 0.322 e. The molecule has 8 heteroatoms. The summed E-state index contributed by atoms with van der Waals surface area (Å²) in [5, 5.41) is 10.1. The summed E-state index contributed by atoms with van der Waals surface area (Å²) in [6.45, 7) is 0. The molecule has 0 bridgehead atoms. The van der Waals surface area contributed by atoms with Gasteiger partial charge >= 0.3 is 6.01 Å². The SMILES string of the molecule is CS(=O)(=O)c1cccc(-c2nnc(NC(=O)c3ccccc3)o2)c1. The normalized spacial score (nSPS) is 11.2. The highest BCUT2D eigenvalue weighted by Crippen LogP contribution is 2.23. The third-order valence-electron chi connectivity index (χ3n) is 3.19. The molecule has 0 aliphatic carbocycles. The van der Waals surface area contributed by atoms with Crippen LogP contribution in [0.2, 0.25) is 0 Å². The molecule has 1 heterocycles. The summed E-state index contributed by atoms with van der Waals surface area (Å²) in [5.74, 6) is -0.264. The van der Waals surface area contributed by atoms with Gasteiger partial charge in [-0.15, -0.1) is 5.10 Å². The maximum atomic E-state index is 12.0. The van der Waals surface area contributed by atoms with Gasteiger partial charge in [-0.2, -0.15) is 0 Å². The lowest BCUT2D eigenvalue weighted by atomic mass is 10.2. The Morgan fingerprint density at radius 1 is 1.04 bits per heavy atom. The predicted molar refractivity (Wildman–Crippen MR) is 87.2 cm³/mol. The number of hydrogen-bond donors (Lipinski definition) is 1. The fourth-order valence-electron chi connectivity index (χ4n) is 2.01. The molecule has 3 aromatic rings. The van der Waals surface area contributed by atoms with Crippen LogP contribution in [-0.2, 0) is 9.84 Å². The molecule has 0 aliphatic heterocycles. The molecule has 122 valence electrons. The summed E-state index contributed by atoms with van der Waals surface area (Å²) in [5.41, 5.74) is 0.905. The van der Waals surface area contributed by atoms with Crippen molar-refractivity contribution < 1.29 is 17.6 Å². The number of nitrogens with one attached hydrogen (secondary N) is 1.